The predicted octanol–water partition coefficient (Wildman–Crippen LogP) is 3.17. The quantitative estimate of drug-likeness (QED) is 0.913. The van der Waals surface area contributed by atoms with Crippen LogP contribution >= 0.6 is 0 Å². The minimum absolute atomic E-state index is 0.00747. The van der Waals surface area contributed by atoms with Gasteiger partial charge < -0.3 is 15.0 Å². The van der Waals surface area contributed by atoms with E-state index < -0.39 is 23.9 Å². The van der Waals surface area contributed by atoms with Crippen LogP contribution in [0.25, 0.3) is 0 Å². The molecule has 1 unspecified atom stereocenters. The van der Waals surface area contributed by atoms with Crippen molar-refractivity contribution in [1.82, 2.24) is 4.90 Å². The first kappa shape index (κ1) is 18.1. The minimum Gasteiger partial charge on any atom is -0.406 e. The fourth-order valence-electron chi connectivity index (χ4n) is 2.68. The molecule has 0 aliphatic carbocycles. The first-order chi connectivity index (χ1) is 11.2. The number of anilines is 1. The lowest BCUT2D eigenvalue weighted by Crippen LogP contribution is -2.33. The van der Waals surface area contributed by atoms with Crippen LogP contribution < -0.4 is 10.1 Å². The van der Waals surface area contributed by atoms with Gasteiger partial charge >= 0.3 is 6.36 Å². The van der Waals surface area contributed by atoms with Crippen molar-refractivity contribution < 1.29 is 27.5 Å². The molecule has 0 radical (unpaired) electrons. The highest BCUT2D eigenvalue weighted by Gasteiger charge is 2.31. The van der Waals surface area contributed by atoms with Gasteiger partial charge in [0.2, 0.25) is 11.8 Å². The molecule has 0 spiro atoms. The Kier molecular flexibility index (Phi) is 5.69. The molecule has 1 N–H and O–H groups in total. The third-order valence-electron chi connectivity index (χ3n) is 3.80. The highest BCUT2D eigenvalue weighted by Crippen LogP contribution is 2.26. The largest absolute Gasteiger partial charge is 0.573 e. The van der Waals surface area contributed by atoms with Crippen molar-refractivity contribution in [2.75, 3.05) is 18.9 Å². The van der Waals surface area contributed by atoms with E-state index in [0.29, 0.717) is 13.0 Å². The maximum Gasteiger partial charge on any atom is 0.573 e. The number of nitrogens with one attached hydrogen (secondary N) is 1. The number of hydrogen-bond donors (Lipinski definition) is 1. The molecule has 5 nitrogen and oxygen atoms in total. The molecule has 1 fully saturated rings. The van der Waals surface area contributed by atoms with E-state index in [1.807, 2.05) is 0 Å². The highest BCUT2D eigenvalue weighted by molar-refractivity contribution is 5.94. The summed E-state index contributed by atoms with van der Waals surface area (Å²) in [6, 6.07) is 5.04. The zero-order valence-corrected chi connectivity index (χ0v) is 13.2. The molecule has 2 amide bonds. The van der Waals surface area contributed by atoms with Gasteiger partial charge in [0.05, 0.1) is 0 Å². The molecule has 0 aromatic heterocycles. The van der Waals surface area contributed by atoms with Crippen LogP contribution in [-0.4, -0.2) is 36.7 Å². The molecule has 132 valence electrons. The molecule has 1 saturated heterocycles. The number of halogens is 3. The summed E-state index contributed by atoms with van der Waals surface area (Å²) in [7, 11) is 1.70. The van der Waals surface area contributed by atoms with Crippen LogP contribution in [0.4, 0.5) is 18.9 Å². The molecule has 0 bridgehead atoms. The van der Waals surface area contributed by atoms with E-state index in [1.165, 1.54) is 12.1 Å². The summed E-state index contributed by atoms with van der Waals surface area (Å²) < 4.78 is 40.4. The topological polar surface area (TPSA) is 58.6 Å². The molecule has 2 rings (SSSR count). The maximum atomic E-state index is 12.2. The van der Waals surface area contributed by atoms with Gasteiger partial charge in [-0.05, 0) is 25.0 Å². The number of alkyl halides is 3. The first-order valence-electron chi connectivity index (χ1n) is 7.65. The molecule has 1 aromatic rings. The van der Waals surface area contributed by atoms with Gasteiger partial charge in [0.1, 0.15) is 5.75 Å². The monoisotopic (exact) mass is 344 g/mol. The Hall–Kier alpha value is -2.25. The summed E-state index contributed by atoms with van der Waals surface area (Å²) in [5.74, 6) is -1.29. The number of carbonyl (C=O) groups is 2. The standard InChI is InChI=1S/C16H19F3N2O3/c1-21-8-3-2-5-11(15(21)23)9-14(22)20-12-6-4-7-13(10-12)24-16(17,18)19/h4,6-7,10-11H,2-3,5,8-9H2,1H3,(H,20,22). The van der Waals surface area contributed by atoms with E-state index in [0.717, 1.165) is 25.0 Å². The van der Waals surface area contributed by atoms with Crippen molar-refractivity contribution in [3.05, 3.63) is 24.3 Å². The Bertz CT molecular complexity index is 604. The molecular formula is C16H19F3N2O3. The van der Waals surface area contributed by atoms with Crippen molar-refractivity contribution in [3.8, 4) is 5.75 Å². The smallest absolute Gasteiger partial charge is 0.406 e. The van der Waals surface area contributed by atoms with Crippen molar-refractivity contribution >= 4 is 17.5 Å². The summed E-state index contributed by atoms with van der Waals surface area (Å²) in [4.78, 5) is 25.9. The molecule has 0 saturated carbocycles. The van der Waals surface area contributed by atoms with Gasteiger partial charge in [-0.1, -0.05) is 12.5 Å². The van der Waals surface area contributed by atoms with Crippen molar-refractivity contribution in [2.24, 2.45) is 5.92 Å². The summed E-state index contributed by atoms with van der Waals surface area (Å²) in [5.41, 5.74) is 0.191. The van der Waals surface area contributed by atoms with E-state index >= 15 is 0 Å². The van der Waals surface area contributed by atoms with Crippen LogP contribution in [0.3, 0.4) is 0 Å². The van der Waals surface area contributed by atoms with Crippen molar-refractivity contribution in [2.45, 2.75) is 32.0 Å². The van der Waals surface area contributed by atoms with Gasteiger partial charge in [0.15, 0.2) is 0 Å². The van der Waals surface area contributed by atoms with Gasteiger partial charge in [-0.15, -0.1) is 13.2 Å². The number of ether oxygens (including phenoxy) is 1. The number of carbonyl (C=O) groups excluding carboxylic acids is 2. The zero-order valence-electron chi connectivity index (χ0n) is 13.2. The normalized spacial score (nSPS) is 18.9. The third kappa shape index (κ3) is 5.43. The molecule has 1 heterocycles. The van der Waals surface area contributed by atoms with Crippen LogP contribution in [0.15, 0.2) is 24.3 Å². The molecular weight excluding hydrogens is 325 g/mol. The second-order valence-corrected chi connectivity index (χ2v) is 5.78. The predicted molar refractivity (Wildman–Crippen MR) is 81.3 cm³/mol. The Morgan fingerprint density at radius 3 is 2.83 bits per heavy atom. The second-order valence-electron chi connectivity index (χ2n) is 5.78. The molecule has 24 heavy (non-hydrogen) atoms. The van der Waals surface area contributed by atoms with Crippen molar-refractivity contribution in [3.63, 3.8) is 0 Å². The first-order valence-corrected chi connectivity index (χ1v) is 7.65. The second kappa shape index (κ2) is 7.55. The minimum atomic E-state index is -4.79. The number of benzene rings is 1. The van der Waals surface area contributed by atoms with E-state index in [9.17, 15) is 22.8 Å². The fraction of sp³-hybridized carbons (Fsp3) is 0.500. The van der Waals surface area contributed by atoms with Crippen LogP contribution in [0.1, 0.15) is 25.7 Å². The summed E-state index contributed by atoms with van der Waals surface area (Å²) >= 11 is 0. The molecule has 1 aromatic carbocycles. The average Bonchev–Trinajstić information content (AvgIpc) is 2.61. The third-order valence-corrected chi connectivity index (χ3v) is 3.80. The number of likely N-dealkylation sites (tertiary alicyclic amines) is 1. The lowest BCUT2D eigenvalue weighted by atomic mass is 9.98. The maximum absolute atomic E-state index is 12.2. The van der Waals surface area contributed by atoms with Crippen LogP contribution in [0.2, 0.25) is 0 Å². The SMILES string of the molecule is CN1CCCCC(CC(=O)Nc2cccc(OC(F)(F)F)c2)C1=O. The fourth-order valence-corrected chi connectivity index (χ4v) is 2.68. The van der Waals surface area contributed by atoms with Crippen molar-refractivity contribution in [1.29, 1.82) is 0 Å². The average molecular weight is 344 g/mol. The molecule has 1 atom stereocenters. The van der Waals surface area contributed by atoms with Crippen LogP contribution in [0.5, 0.6) is 5.75 Å². The van der Waals surface area contributed by atoms with Gasteiger partial charge in [0, 0.05) is 37.7 Å². The Labute approximate surface area is 137 Å². The van der Waals surface area contributed by atoms with E-state index in [4.69, 9.17) is 0 Å². The molecule has 1 aliphatic heterocycles. The summed E-state index contributed by atoms with van der Waals surface area (Å²) in [5, 5.41) is 2.51. The van der Waals surface area contributed by atoms with Gasteiger partial charge in [-0.25, -0.2) is 0 Å². The van der Waals surface area contributed by atoms with E-state index in [-0.39, 0.29) is 18.0 Å². The van der Waals surface area contributed by atoms with Gasteiger partial charge in [-0.2, -0.15) is 0 Å². The van der Waals surface area contributed by atoms with Crippen LogP contribution in [-0.2, 0) is 9.59 Å². The van der Waals surface area contributed by atoms with E-state index in [1.54, 1.807) is 11.9 Å². The van der Waals surface area contributed by atoms with E-state index in [2.05, 4.69) is 10.1 Å². The summed E-state index contributed by atoms with van der Waals surface area (Å²) in [6.07, 6.45) is -2.39. The van der Waals surface area contributed by atoms with Gasteiger partial charge in [-0.3, -0.25) is 9.59 Å². The Morgan fingerprint density at radius 1 is 1.38 bits per heavy atom. The number of rotatable bonds is 4. The number of amides is 2. The zero-order chi connectivity index (χ0) is 17.7. The Balaban J connectivity index is 1.97. The molecule has 8 heteroatoms. The lowest BCUT2D eigenvalue weighted by Gasteiger charge is -2.19. The van der Waals surface area contributed by atoms with Crippen LogP contribution in [0, 0.1) is 5.92 Å². The highest BCUT2D eigenvalue weighted by atomic mass is 19.4. The molecule has 1 aliphatic rings. The summed E-state index contributed by atoms with van der Waals surface area (Å²) in [6.45, 7) is 0.674. The lowest BCUT2D eigenvalue weighted by molar-refractivity contribution is -0.274. The Morgan fingerprint density at radius 2 is 2.12 bits per heavy atom. The van der Waals surface area contributed by atoms with Gasteiger partial charge in [0.25, 0.3) is 0 Å². The number of nitrogens with zero attached hydrogens (tertiary/aromatic N) is 1. The number of hydrogen-bond acceptors (Lipinski definition) is 3.